The summed E-state index contributed by atoms with van der Waals surface area (Å²) >= 11 is 0. The molecule has 160 valence electrons. The van der Waals surface area contributed by atoms with Crippen LogP contribution in [0.5, 0.6) is 0 Å². The van der Waals surface area contributed by atoms with Crippen molar-refractivity contribution in [3.63, 3.8) is 0 Å². The first-order chi connectivity index (χ1) is 12.9. The molecule has 0 bridgehead atoms. The summed E-state index contributed by atoms with van der Waals surface area (Å²) in [5.74, 6) is 1.16. The summed E-state index contributed by atoms with van der Waals surface area (Å²) in [6.45, 7) is 20.3. The van der Waals surface area contributed by atoms with E-state index in [2.05, 4.69) is 45.3 Å². The third-order valence-corrected chi connectivity index (χ3v) is 4.25. The average Bonchev–Trinajstić information content (AvgIpc) is 2.68. The molecule has 0 aromatic heterocycles. The molecule has 0 saturated heterocycles. The van der Waals surface area contributed by atoms with E-state index in [0.717, 1.165) is 30.9 Å². The maximum absolute atomic E-state index is 11.0. The topological polar surface area (TPSA) is 29.4 Å². The van der Waals surface area contributed by atoms with Gasteiger partial charge in [0.25, 0.3) is 0 Å². The van der Waals surface area contributed by atoms with E-state index < -0.39 is 0 Å². The van der Waals surface area contributed by atoms with Crippen molar-refractivity contribution in [2.75, 3.05) is 0 Å². The summed E-state index contributed by atoms with van der Waals surface area (Å²) < 4.78 is 0. The number of hydrogen-bond donors (Lipinski definition) is 0. The zero-order chi connectivity index (χ0) is 21.5. The molecule has 0 aromatic carbocycles. The molecule has 0 spiro atoms. The molecular formula is C25H49NO. The van der Waals surface area contributed by atoms with Gasteiger partial charge in [-0.3, -0.25) is 9.79 Å². The molecule has 0 heterocycles. The predicted octanol–water partition coefficient (Wildman–Crippen LogP) is 8.72. The fourth-order valence-electron chi connectivity index (χ4n) is 2.33. The number of Topliss-reactive ketones (excluding diaryl/α,β-unsaturated/α-hetero) is 1. The van der Waals surface area contributed by atoms with E-state index in [0.29, 0.717) is 12.2 Å². The number of aliphatic imine (C=N–C) groups is 1. The van der Waals surface area contributed by atoms with Crippen molar-refractivity contribution in [2.45, 2.75) is 120 Å². The largest absolute Gasteiger partial charge is 0.300 e. The zero-order valence-electron chi connectivity index (χ0n) is 19.9. The Balaban J connectivity index is -0.000000391. The molecule has 0 aliphatic rings. The van der Waals surface area contributed by atoms with Gasteiger partial charge in [-0.1, -0.05) is 86.3 Å². The molecule has 0 aliphatic heterocycles. The van der Waals surface area contributed by atoms with Gasteiger partial charge in [0.05, 0.1) is 0 Å². The number of carbonyl (C=O) groups is 1. The second-order valence-corrected chi connectivity index (χ2v) is 6.99. The number of carbonyl (C=O) groups excluding carboxylic acids is 1. The Bertz CT molecular complexity index is 393. The maximum Gasteiger partial charge on any atom is 0.132 e. The van der Waals surface area contributed by atoms with Crippen LogP contribution in [0.1, 0.15) is 120 Å². The Hall–Kier alpha value is -1.18. The lowest BCUT2D eigenvalue weighted by Gasteiger charge is -2.09. The first-order valence-corrected chi connectivity index (χ1v) is 11.3. The molecule has 2 nitrogen and oxygen atoms in total. The van der Waals surface area contributed by atoms with E-state index >= 15 is 0 Å². The minimum Gasteiger partial charge on any atom is -0.300 e. The molecule has 0 amide bonds. The molecule has 0 fully saturated rings. The lowest BCUT2D eigenvalue weighted by molar-refractivity contribution is -0.119. The zero-order valence-corrected chi connectivity index (χ0v) is 19.9. The fraction of sp³-hybridized carbons (Fsp3) is 0.760. The fourth-order valence-corrected chi connectivity index (χ4v) is 2.33. The van der Waals surface area contributed by atoms with E-state index in [1.165, 1.54) is 44.1 Å². The quantitative estimate of drug-likeness (QED) is 0.232. The van der Waals surface area contributed by atoms with Crippen LogP contribution in [0.15, 0.2) is 28.9 Å². The van der Waals surface area contributed by atoms with Crippen LogP contribution in [0.2, 0.25) is 0 Å². The summed E-state index contributed by atoms with van der Waals surface area (Å²) in [5, 5.41) is 0. The van der Waals surface area contributed by atoms with E-state index in [1.807, 2.05) is 33.9 Å². The van der Waals surface area contributed by atoms with E-state index in [4.69, 9.17) is 0 Å². The van der Waals surface area contributed by atoms with Crippen LogP contribution in [0, 0.1) is 5.92 Å². The van der Waals surface area contributed by atoms with Gasteiger partial charge in [0, 0.05) is 24.8 Å². The summed E-state index contributed by atoms with van der Waals surface area (Å²) in [6, 6.07) is 0. The Morgan fingerprint density at radius 1 is 1.00 bits per heavy atom. The van der Waals surface area contributed by atoms with Gasteiger partial charge in [0.15, 0.2) is 0 Å². The first kappa shape index (κ1) is 30.5. The van der Waals surface area contributed by atoms with Crippen LogP contribution < -0.4 is 0 Å². The van der Waals surface area contributed by atoms with Gasteiger partial charge in [0.1, 0.15) is 5.78 Å². The molecule has 1 unspecified atom stereocenters. The molecule has 0 aliphatic carbocycles. The van der Waals surface area contributed by atoms with Gasteiger partial charge in [-0.15, -0.1) is 0 Å². The molecule has 0 radical (unpaired) electrons. The minimum absolute atomic E-state index is 0.419. The van der Waals surface area contributed by atoms with Crippen LogP contribution in [0.25, 0.3) is 0 Å². The molecule has 0 saturated carbocycles. The molecule has 27 heavy (non-hydrogen) atoms. The highest BCUT2D eigenvalue weighted by Crippen LogP contribution is 2.15. The maximum atomic E-state index is 11.0. The van der Waals surface area contributed by atoms with Crippen molar-refractivity contribution < 1.29 is 4.79 Å². The predicted molar refractivity (Wildman–Crippen MR) is 126 cm³/mol. The van der Waals surface area contributed by atoms with Crippen LogP contribution >= 0.6 is 0 Å². The van der Waals surface area contributed by atoms with Crippen LogP contribution in [-0.4, -0.2) is 12.0 Å². The molecule has 1 atom stereocenters. The second kappa shape index (κ2) is 24.8. The van der Waals surface area contributed by atoms with Crippen LogP contribution in [0.3, 0.4) is 0 Å². The number of rotatable bonds is 13. The SMILES string of the molecule is C=C(C)N=C/C(=C\C)CCCC.CC.CCCCCC(C)CCC(=O)CC. The Kier molecular flexibility index (Phi) is 28.1. The molecule has 0 N–H and O–H groups in total. The number of ketones is 1. The average molecular weight is 380 g/mol. The highest BCUT2D eigenvalue weighted by atomic mass is 16.1. The highest BCUT2D eigenvalue weighted by molar-refractivity contribution is 5.79. The molecule has 2 heteroatoms. The van der Waals surface area contributed by atoms with Crippen molar-refractivity contribution in [3.8, 4) is 0 Å². The number of unbranched alkanes of at least 4 members (excludes halogenated alkanes) is 3. The van der Waals surface area contributed by atoms with Gasteiger partial charge in [-0.2, -0.15) is 0 Å². The summed E-state index contributed by atoms with van der Waals surface area (Å²) in [4.78, 5) is 15.2. The Labute approximate surface area is 171 Å². The monoisotopic (exact) mass is 379 g/mol. The van der Waals surface area contributed by atoms with Gasteiger partial charge in [-0.05, 0) is 44.6 Å². The van der Waals surface area contributed by atoms with E-state index in [-0.39, 0.29) is 0 Å². The van der Waals surface area contributed by atoms with E-state index in [9.17, 15) is 4.79 Å². The smallest absolute Gasteiger partial charge is 0.132 e. The van der Waals surface area contributed by atoms with Crippen molar-refractivity contribution in [3.05, 3.63) is 23.9 Å². The molecule has 0 rings (SSSR count). The van der Waals surface area contributed by atoms with Gasteiger partial charge in [0.2, 0.25) is 0 Å². The van der Waals surface area contributed by atoms with Crippen molar-refractivity contribution in [2.24, 2.45) is 10.9 Å². The van der Waals surface area contributed by atoms with Crippen LogP contribution in [-0.2, 0) is 4.79 Å². The van der Waals surface area contributed by atoms with Gasteiger partial charge < -0.3 is 0 Å². The van der Waals surface area contributed by atoms with Gasteiger partial charge >= 0.3 is 0 Å². The molecular weight excluding hydrogens is 330 g/mol. The van der Waals surface area contributed by atoms with E-state index in [1.54, 1.807) is 0 Å². The van der Waals surface area contributed by atoms with Crippen molar-refractivity contribution in [1.82, 2.24) is 0 Å². The standard InChI is InChI=1S/C12H24O.C11H19N.C2H6/c1-4-6-7-8-11(3)9-10-12(13)5-2;1-5-7-8-11(6-2)9-12-10(3)4;1-2/h11H,4-10H2,1-3H3;6,9H,3,5,7-8H2,1-2,4H3;1-2H3/b;11-6-,12-9?;. The first-order valence-electron chi connectivity index (χ1n) is 11.3. The lowest BCUT2D eigenvalue weighted by Crippen LogP contribution is -2.01. The number of nitrogens with zero attached hydrogens (tertiary/aromatic N) is 1. The summed E-state index contributed by atoms with van der Waals surface area (Å²) in [7, 11) is 0. The number of hydrogen-bond acceptors (Lipinski definition) is 2. The lowest BCUT2D eigenvalue weighted by atomic mass is 9.97. The van der Waals surface area contributed by atoms with Gasteiger partial charge in [-0.25, -0.2) is 0 Å². The van der Waals surface area contributed by atoms with Crippen molar-refractivity contribution in [1.29, 1.82) is 0 Å². The highest BCUT2D eigenvalue weighted by Gasteiger charge is 2.04. The van der Waals surface area contributed by atoms with Crippen LogP contribution in [0.4, 0.5) is 0 Å². The Morgan fingerprint density at radius 2 is 1.59 bits per heavy atom. The van der Waals surface area contributed by atoms with Crippen molar-refractivity contribution >= 4 is 12.0 Å². The Morgan fingerprint density at radius 3 is 2.04 bits per heavy atom. The molecule has 0 aromatic rings. The summed E-state index contributed by atoms with van der Waals surface area (Å²) in [6.07, 6.45) is 15.5. The third kappa shape index (κ3) is 27.1. The minimum atomic E-state index is 0.419. The number of allylic oxidation sites excluding steroid dienone is 3. The normalized spacial score (nSPS) is 11.9. The summed E-state index contributed by atoms with van der Waals surface area (Å²) in [5.41, 5.74) is 2.17. The third-order valence-electron chi connectivity index (χ3n) is 4.25. The second-order valence-electron chi connectivity index (χ2n) is 6.99.